The highest BCUT2D eigenvalue weighted by Gasteiger charge is 2.01. The Morgan fingerprint density at radius 2 is 2.00 bits per heavy atom. The lowest BCUT2D eigenvalue weighted by molar-refractivity contribution is 0.360. The lowest BCUT2D eigenvalue weighted by Gasteiger charge is -2.04. The predicted octanol–water partition coefficient (Wildman–Crippen LogP) is 2.90. The number of aryl methyl sites for hydroxylation is 1. The summed E-state index contributed by atoms with van der Waals surface area (Å²) in [5.41, 5.74) is 2.29. The van der Waals surface area contributed by atoms with Gasteiger partial charge in [-0.1, -0.05) is 24.3 Å². The van der Waals surface area contributed by atoms with E-state index < -0.39 is 6.17 Å². The third-order valence-electron chi connectivity index (χ3n) is 1.76. The molecule has 0 radical (unpaired) electrons. The van der Waals surface area contributed by atoms with Crippen molar-refractivity contribution >= 4 is 0 Å². The van der Waals surface area contributed by atoms with E-state index in [0.29, 0.717) is 6.42 Å². The minimum atomic E-state index is -0.740. The second-order valence-electron chi connectivity index (χ2n) is 2.91. The molecule has 0 aliphatic heterocycles. The molecule has 0 bridgehead atoms. The summed E-state index contributed by atoms with van der Waals surface area (Å²) in [5, 5.41) is 0. The smallest absolute Gasteiger partial charge is 0.101 e. The van der Waals surface area contributed by atoms with Crippen LogP contribution in [0.15, 0.2) is 24.3 Å². The molecule has 1 unspecified atom stereocenters. The van der Waals surface area contributed by atoms with Gasteiger partial charge in [0.25, 0.3) is 0 Å². The number of halogens is 1. The van der Waals surface area contributed by atoms with Crippen LogP contribution in [-0.2, 0) is 6.42 Å². The second-order valence-corrected chi connectivity index (χ2v) is 2.91. The van der Waals surface area contributed by atoms with E-state index in [9.17, 15) is 4.39 Å². The first-order chi connectivity index (χ1) is 5.20. The van der Waals surface area contributed by atoms with Crippen LogP contribution in [-0.4, -0.2) is 6.17 Å². The van der Waals surface area contributed by atoms with Crippen molar-refractivity contribution in [1.82, 2.24) is 0 Å². The molecule has 60 valence electrons. The summed E-state index contributed by atoms with van der Waals surface area (Å²) < 4.78 is 12.6. The van der Waals surface area contributed by atoms with Crippen molar-refractivity contribution in [2.24, 2.45) is 0 Å². The molecule has 0 fully saturated rings. The summed E-state index contributed by atoms with van der Waals surface area (Å²) in [6.45, 7) is 3.60. The average Bonchev–Trinajstić information content (AvgIpc) is 1.93. The molecular formula is C10H13F. The van der Waals surface area contributed by atoms with E-state index in [1.165, 1.54) is 5.56 Å². The highest BCUT2D eigenvalue weighted by atomic mass is 19.1. The van der Waals surface area contributed by atoms with Crippen molar-refractivity contribution in [3.05, 3.63) is 35.4 Å². The topological polar surface area (TPSA) is 0 Å². The summed E-state index contributed by atoms with van der Waals surface area (Å²) in [6, 6.07) is 7.91. The number of alkyl halides is 1. The van der Waals surface area contributed by atoms with Gasteiger partial charge >= 0.3 is 0 Å². The van der Waals surface area contributed by atoms with Gasteiger partial charge in [0.15, 0.2) is 0 Å². The van der Waals surface area contributed by atoms with Gasteiger partial charge in [0.1, 0.15) is 6.17 Å². The molecule has 0 aliphatic rings. The van der Waals surface area contributed by atoms with Crippen LogP contribution in [0.2, 0.25) is 0 Å². The highest BCUT2D eigenvalue weighted by molar-refractivity contribution is 5.25. The molecule has 0 saturated carbocycles. The van der Waals surface area contributed by atoms with E-state index in [-0.39, 0.29) is 0 Å². The third kappa shape index (κ3) is 2.34. The molecule has 0 amide bonds. The van der Waals surface area contributed by atoms with Crippen LogP contribution < -0.4 is 0 Å². The Hall–Kier alpha value is -0.850. The molecule has 1 heteroatoms. The van der Waals surface area contributed by atoms with Crippen LogP contribution in [0.1, 0.15) is 18.1 Å². The second kappa shape index (κ2) is 3.51. The molecule has 1 atom stereocenters. The van der Waals surface area contributed by atoms with Gasteiger partial charge < -0.3 is 0 Å². The van der Waals surface area contributed by atoms with Gasteiger partial charge in [0, 0.05) is 6.42 Å². The van der Waals surface area contributed by atoms with Crippen LogP contribution in [0.4, 0.5) is 4.39 Å². The van der Waals surface area contributed by atoms with Crippen molar-refractivity contribution < 1.29 is 4.39 Å². The molecule has 0 spiro atoms. The van der Waals surface area contributed by atoms with E-state index in [1.807, 2.05) is 31.2 Å². The molecule has 0 aromatic heterocycles. The summed E-state index contributed by atoms with van der Waals surface area (Å²) in [6.07, 6.45) is -0.205. The van der Waals surface area contributed by atoms with E-state index in [2.05, 4.69) is 0 Å². The van der Waals surface area contributed by atoms with Crippen molar-refractivity contribution in [2.75, 3.05) is 0 Å². The SMILES string of the molecule is Cc1ccccc1CC(C)F. The maximum absolute atomic E-state index is 12.6. The Kier molecular flexibility index (Phi) is 2.64. The average molecular weight is 152 g/mol. The number of hydrogen-bond acceptors (Lipinski definition) is 0. The minimum Gasteiger partial charge on any atom is -0.247 e. The van der Waals surface area contributed by atoms with Gasteiger partial charge in [-0.2, -0.15) is 0 Å². The van der Waals surface area contributed by atoms with Crippen molar-refractivity contribution in [2.45, 2.75) is 26.4 Å². The lowest BCUT2D eigenvalue weighted by atomic mass is 10.0. The Balaban J connectivity index is 2.78. The van der Waals surface area contributed by atoms with Crippen LogP contribution in [0.3, 0.4) is 0 Å². The Labute approximate surface area is 67.1 Å². The molecule has 1 aromatic carbocycles. The Morgan fingerprint density at radius 1 is 1.36 bits per heavy atom. The van der Waals surface area contributed by atoms with Crippen molar-refractivity contribution in [1.29, 1.82) is 0 Å². The monoisotopic (exact) mass is 152 g/mol. The Morgan fingerprint density at radius 3 is 2.55 bits per heavy atom. The summed E-state index contributed by atoms with van der Waals surface area (Å²) in [5.74, 6) is 0. The van der Waals surface area contributed by atoms with Gasteiger partial charge in [0.2, 0.25) is 0 Å². The number of rotatable bonds is 2. The number of hydrogen-bond donors (Lipinski definition) is 0. The maximum Gasteiger partial charge on any atom is 0.101 e. The zero-order chi connectivity index (χ0) is 8.27. The van der Waals surface area contributed by atoms with Crippen LogP contribution in [0.5, 0.6) is 0 Å². The molecule has 0 N–H and O–H groups in total. The predicted molar refractivity (Wildman–Crippen MR) is 45.5 cm³/mol. The van der Waals surface area contributed by atoms with E-state index in [4.69, 9.17) is 0 Å². The van der Waals surface area contributed by atoms with Gasteiger partial charge in [0.05, 0.1) is 0 Å². The zero-order valence-corrected chi connectivity index (χ0v) is 6.97. The molecule has 11 heavy (non-hydrogen) atoms. The van der Waals surface area contributed by atoms with Gasteiger partial charge in [-0.3, -0.25) is 0 Å². The molecular weight excluding hydrogens is 139 g/mol. The summed E-state index contributed by atoms with van der Waals surface area (Å²) in [4.78, 5) is 0. The maximum atomic E-state index is 12.6. The van der Waals surface area contributed by atoms with E-state index >= 15 is 0 Å². The van der Waals surface area contributed by atoms with Crippen molar-refractivity contribution in [3.63, 3.8) is 0 Å². The zero-order valence-electron chi connectivity index (χ0n) is 6.97. The fraction of sp³-hybridized carbons (Fsp3) is 0.400. The first kappa shape index (κ1) is 8.25. The van der Waals surface area contributed by atoms with E-state index in [0.717, 1.165) is 5.56 Å². The molecule has 0 heterocycles. The first-order valence-corrected chi connectivity index (χ1v) is 3.88. The largest absolute Gasteiger partial charge is 0.247 e. The van der Waals surface area contributed by atoms with Crippen molar-refractivity contribution in [3.8, 4) is 0 Å². The molecule has 1 rings (SSSR count). The lowest BCUT2D eigenvalue weighted by Crippen LogP contribution is -1.99. The van der Waals surface area contributed by atoms with E-state index in [1.54, 1.807) is 6.92 Å². The van der Waals surface area contributed by atoms with Crippen LogP contribution in [0.25, 0.3) is 0 Å². The quantitative estimate of drug-likeness (QED) is 0.611. The number of benzene rings is 1. The highest BCUT2D eigenvalue weighted by Crippen LogP contribution is 2.10. The first-order valence-electron chi connectivity index (χ1n) is 3.88. The standard InChI is InChI=1S/C10H13F/c1-8-5-3-4-6-10(8)7-9(2)11/h3-6,9H,7H2,1-2H3. The van der Waals surface area contributed by atoms with Gasteiger partial charge in [-0.15, -0.1) is 0 Å². The Bertz CT molecular complexity index is 228. The van der Waals surface area contributed by atoms with Gasteiger partial charge in [-0.05, 0) is 25.0 Å². The molecule has 0 aliphatic carbocycles. The van der Waals surface area contributed by atoms with Crippen LogP contribution >= 0.6 is 0 Å². The normalized spacial score (nSPS) is 13.0. The van der Waals surface area contributed by atoms with Gasteiger partial charge in [-0.25, -0.2) is 4.39 Å². The fourth-order valence-corrected chi connectivity index (χ4v) is 1.14. The van der Waals surface area contributed by atoms with Crippen LogP contribution in [0, 0.1) is 6.92 Å². The molecule has 0 saturated heterocycles. The third-order valence-corrected chi connectivity index (χ3v) is 1.76. The molecule has 0 nitrogen and oxygen atoms in total. The fourth-order valence-electron chi connectivity index (χ4n) is 1.14. The summed E-state index contributed by atoms with van der Waals surface area (Å²) in [7, 11) is 0. The molecule has 1 aromatic rings. The summed E-state index contributed by atoms with van der Waals surface area (Å²) >= 11 is 0. The minimum absolute atomic E-state index is 0.534.